The van der Waals surface area contributed by atoms with E-state index in [2.05, 4.69) is 20.5 Å². The van der Waals surface area contributed by atoms with Gasteiger partial charge in [0.15, 0.2) is 11.0 Å². The Labute approximate surface area is 183 Å². The number of pyridine rings is 1. The van der Waals surface area contributed by atoms with Crippen molar-refractivity contribution in [3.05, 3.63) is 83.6 Å². The number of hydrogen-bond donors (Lipinski definition) is 1. The van der Waals surface area contributed by atoms with Crippen molar-refractivity contribution >= 4 is 35.0 Å². The van der Waals surface area contributed by atoms with Crippen LogP contribution >= 0.6 is 23.4 Å². The van der Waals surface area contributed by atoms with Gasteiger partial charge >= 0.3 is 0 Å². The first kappa shape index (κ1) is 20.1. The second-order valence-electron chi connectivity index (χ2n) is 6.51. The minimum Gasteiger partial charge on any atom is -0.325 e. The molecule has 0 saturated heterocycles. The summed E-state index contributed by atoms with van der Waals surface area (Å²) in [7, 11) is 0. The van der Waals surface area contributed by atoms with Crippen LogP contribution < -0.4 is 5.32 Å². The largest absolute Gasteiger partial charge is 0.325 e. The highest BCUT2D eigenvalue weighted by molar-refractivity contribution is 7.99. The molecule has 4 aromatic rings. The molecule has 1 amide bonds. The van der Waals surface area contributed by atoms with E-state index in [0.717, 1.165) is 16.8 Å². The van der Waals surface area contributed by atoms with E-state index >= 15 is 0 Å². The number of nitrogens with zero attached hydrogens (tertiary/aromatic N) is 4. The van der Waals surface area contributed by atoms with Crippen molar-refractivity contribution in [1.29, 1.82) is 0 Å². The van der Waals surface area contributed by atoms with Crippen LogP contribution in [-0.4, -0.2) is 31.4 Å². The molecule has 0 fully saturated rings. The van der Waals surface area contributed by atoms with Crippen LogP contribution in [0.2, 0.25) is 5.02 Å². The van der Waals surface area contributed by atoms with Gasteiger partial charge in [-0.05, 0) is 55.0 Å². The van der Waals surface area contributed by atoms with Crippen LogP contribution in [0.25, 0.3) is 17.1 Å². The number of benzene rings is 2. The van der Waals surface area contributed by atoms with E-state index in [1.165, 1.54) is 11.8 Å². The van der Waals surface area contributed by atoms with Crippen LogP contribution in [0.3, 0.4) is 0 Å². The second kappa shape index (κ2) is 9.11. The molecular weight excluding hydrogens is 418 g/mol. The predicted molar refractivity (Wildman–Crippen MR) is 120 cm³/mol. The molecule has 4 rings (SSSR count). The number of aromatic nitrogens is 4. The zero-order valence-corrected chi connectivity index (χ0v) is 17.7. The van der Waals surface area contributed by atoms with Gasteiger partial charge in [-0.25, -0.2) is 0 Å². The number of rotatable bonds is 6. The fraction of sp³-hybridized carbons (Fsp3) is 0.0909. The molecule has 0 unspecified atom stereocenters. The average molecular weight is 436 g/mol. The summed E-state index contributed by atoms with van der Waals surface area (Å²) in [6, 6.07) is 18.8. The van der Waals surface area contributed by atoms with Gasteiger partial charge in [-0.1, -0.05) is 41.6 Å². The highest BCUT2D eigenvalue weighted by Gasteiger charge is 2.18. The molecule has 0 atom stereocenters. The van der Waals surface area contributed by atoms with Gasteiger partial charge in [0, 0.05) is 28.7 Å². The molecule has 1 N–H and O–H groups in total. The number of aryl methyl sites for hydroxylation is 1. The van der Waals surface area contributed by atoms with Crippen molar-refractivity contribution in [3.8, 4) is 17.1 Å². The molecule has 0 saturated carbocycles. The summed E-state index contributed by atoms with van der Waals surface area (Å²) >= 11 is 7.22. The fourth-order valence-corrected chi connectivity index (χ4v) is 3.81. The minimum atomic E-state index is -0.135. The lowest BCUT2D eigenvalue weighted by molar-refractivity contribution is -0.113. The Bertz CT molecular complexity index is 1160. The summed E-state index contributed by atoms with van der Waals surface area (Å²) in [5, 5.41) is 12.9. The number of carbonyl (C=O) groups excluding carboxylic acids is 1. The van der Waals surface area contributed by atoms with Gasteiger partial charge in [0.1, 0.15) is 0 Å². The molecule has 0 aliphatic heterocycles. The third-order valence-corrected chi connectivity index (χ3v) is 5.55. The number of halogens is 1. The molecule has 0 aliphatic carbocycles. The van der Waals surface area contributed by atoms with E-state index < -0.39 is 0 Å². The number of para-hydroxylation sites is 1. The fourth-order valence-electron chi connectivity index (χ4n) is 2.94. The molecular formula is C22H18ClN5OS. The lowest BCUT2D eigenvalue weighted by Crippen LogP contribution is -2.14. The minimum absolute atomic E-state index is 0.135. The van der Waals surface area contributed by atoms with E-state index in [-0.39, 0.29) is 11.7 Å². The Balaban J connectivity index is 1.60. The highest BCUT2D eigenvalue weighted by atomic mass is 35.5. The van der Waals surface area contributed by atoms with E-state index in [0.29, 0.717) is 21.7 Å². The van der Waals surface area contributed by atoms with Gasteiger partial charge < -0.3 is 5.32 Å². The van der Waals surface area contributed by atoms with Crippen LogP contribution in [0, 0.1) is 6.92 Å². The number of hydrogen-bond acceptors (Lipinski definition) is 5. The Morgan fingerprint density at radius 2 is 1.87 bits per heavy atom. The topological polar surface area (TPSA) is 72.7 Å². The van der Waals surface area contributed by atoms with E-state index in [9.17, 15) is 4.79 Å². The number of nitrogens with one attached hydrogen (secondary N) is 1. The molecule has 0 bridgehead atoms. The smallest absolute Gasteiger partial charge is 0.234 e. The number of anilines is 1. The number of carbonyl (C=O) groups is 1. The SMILES string of the molecule is Cc1ccccc1-n1c(SCC(=O)Nc2ccc(Cl)cc2)nnc1-c1cccnc1. The first-order valence-corrected chi connectivity index (χ1v) is 10.6. The van der Waals surface area contributed by atoms with Crippen LogP contribution in [0.5, 0.6) is 0 Å². The monoisotopic (exact) mass is 435 g/mol. The summed E-state index contributed by atoms with van der Waals surface area (Å²) in [6.45, 7) is 2.03. The van der Waals surface area contributed by atoms with Crippen molar-refractivity contribution < 1.29 is 4.79 Å². The summed E-state index contributed by atoms with van der Waals surface area (Å²) < 4.78 is 1.96. The van der Waals surface area contributed by atoms with Crippen LogP contribution in [0.15, 0.2) is 78.2 Å². The van der Waals surface area contributed by atoms with Gasteiger partial charge in [-0.2, -0.15) is 0 Å². The molecule has 150 valence electrons. The summed E-state index contributed by atoms with van der Waals surface area (Å²) in [4.78, 5) is 16.6. The first-order chi connectivity index (χ1) is 14.6. The zero-order valence-electron chi connectivity index (χ0n) is 16.1. The zero-order chi connectivity index (χ0) is 20.9. The number of thioether (sulfide) groups is 1. The Hall–Kier alpha value is -3.16. The molecule has 2 heterocycles. The first-order valence-electron chi connectivity index (χ1n) is 9.22. The molecule has 2 aromatic carbocycles. The lowest BCUT2D eigenvalue weighted by atomic mass is 10.2. The van der Waals surface area contributed by atoms with Crippen molar-refractivity contribution in [3.63, 3.8) is 0 Å². The second-order valence-corrected chi connectivity index (χ2v) is 7.89. The maximum atomic E-state index is 12.4. The molecule has 30 heavy (non-hydrogen) atoms. The highest BCUT2D eigenvalue weighted by Crippen LogP contribution is 2.29. The third kappa shape index (κ3) is 4.53. The number of amides is 1. The van der Waals surface area contributed by atoms with E-state index in [4.69, 9.17) is 11.6 Å². The third-order valence-electron chi connectivity index (χ3n) is 4.37. The summed E-state index contributed by atoms with van der Waals surface area (Å²) in [5.74, 6) is 0.738. The Morgan fingerprint density at radius 3 is 2.60 bits per heavy atom. The standard InChI is InChI=1S/C22H18ClN5OS/c1-15-5-2-3-7-19(15)28-21(16-6-4-12-24-13-16)26-27-22(28)30-14-20(29)25-18-10-8-17(23)9-11-18/h2-13H,14H2,1H3,(H,25,29). The normalized spacial score (nSPS) is 10.7. The van der Waals surface area contributed by atoms with Crippen LogP contribution in [0.4, 0.5) is 5.69 Å². The molecule has 8 heteroatoms. The summed E-state index contributed by atoms with van der Waals surface area (Å²) in [5.41, 5.74) is 3.59. The summed E-state index contributed by atoms with van der Waals surface area (Å²) in [6.07, 6.45) is 3.47. The van der Waals surface area contributed by atoms with Crippen molar-refractivity contribution in [1.82, 2.24) is 19.7 Å². The van der Waals surface area contributed by atoms with Gasteiger partial charge in [-0.15, -0.1) is 10.2 Å². The van der Waals surface area contributed by atoms with Gasteiger partial charge in [0.05, 0.1) is 11.4 Å². The van der Waals surface area contributed by atoms with Gasteiger partial charge in [0.25, 0.3) is 0 Å². The van der Waals surface area contributed by atoms with Gasteiger partial charge in [-0.3, -0.25) is 14.3 Å². The Morgan fingerprint density at radius 1 is 1.07 bits per heavy atom. The molecule has 2 aromatic heterocycles. The van der Waals surface area contributed by atoms with Crippen LogP contribution in [0.1, 0.15) is 5.56 Å². The lowest BCUT2D eigenvalue weighted by Gasteiger charge is -2.12. The van der Waals surface area contributed by atoms with Crippen molar-refractivity contribution in [2.45, 2.75) is 12.1 Å². The predicted octanol–water partition coefficient (Wildman–Crippen LogP) is 5.02. The van der Waals surface area contributed by atoms with Gasteiger partial charge in [0.2, 0.25) is 5.91 Å². The quantitative estimate of drug-likeness (QED) is 0.430. The van der Waals surface area contributed by atoms with Crippen molar-refractivity contribution in [2.75, 3.05) is 11.1 Å². The molecule has 0 aliphatic rings. The molecule has 0 radical (unpaired) electrons. The maximum absolute atomic E-state index is 12.4. The Kier molecular flexibility index (Phi) is 6.11. The maximum Gasteiger partial charge on any atom is 0.234 e. The van der Waals surface area contributed by atoms with Crippen molar-refractivity contribution in [2.24, 2.45) is 0 Å². The molecule has 0 spiro atoms. The van der Waals surface area contributed by atoms with E-state index in [1.807, 2.05) is 47.9 Å². The van der Waals surface area contributed by atoms with Crippen LogP contribution in [-0.2, 0) is 4.79 Å². The molecule has 6 nitrogen and oxygen atoms in total. The van der Waals surface area contributed by atoms with E-state index in [1.54, 1.807) is 36.7 Å². The average Bonchev–Trinajstić information content (AvgIpc) is 3.18.